The van der Waals surface area contributed by atoms with Crippen LogP contribution < -0.4 is 0 Å². The first-order valence-electron chi connectivity index (χ1n) is 9.89. The van der Waals surface area contributed by atoms with Crippen LogP contribution in [0.25, 0.3) is 0 Å². The molecular weight excluding hydrogens is 284 g/mol. The van der Waals surface area contributed by atoms with Crippen molar-refractivity contribution >= 4 is 0 Å². The van der Waals surface area contributed by atoms with E-state index in [1.165, 1.54) is 38.5 Å². The molecule has 1 atom stereocenters. The Hall–Kier alpha value is -0.340. The van der Waals surface area contributed by atoms with Gasteiger partial charge in [0.15, 0.2) is 5.79 Å². The number of allylic oxidation sites excluding steroid dienone is 1. The van der Waals surface area contributed by atoms with Crippen LogP contribution in [-0.2, 0) is 9.47 Å². The van der Waals surface area contributed by atoms with Crippen molar-refractivity contribution in [3.8, 4) is 0 Å². The monoisotopic (exact) mass is 326 g/mol. The molecule has 0 aliphatic rings. The second-order valence-electron chi connectivity index (χ2n) is 6.75. The zero-order valence-corrected chi connectivity index (χ0v) is 16.7. The molecule has 2 heteroatoms. The highest BCUT2D eigenvalue weighted by Gasteiger charge is 2.48. The van der Waals surface area contributed by atoms with Crippen molar-refractivity contribution in [1.29, 1.82) is 0 Å². The molecule has 0 saturated carbocycles. The number of hydrogen-bond acceptors (Lipinski definition) is 2. The Balaban J connectivity index is 5.13. The Labute approximate surface area is 146 Å². The molecule has 0 bridgehead atoms. The van der Waals surface area contributed by atoms with Crippen LogP contribution >= 0.6 is 0 Å². The number of ether oxygens (including phenoxy) is 2. The molecule has 0 aliphatic carbocycles. The minimum atomic E-state index is -0.502. The molecule has 138 valence electrons. The van der Waals surface area contributed by atoms with E-state index in [4.69, 9.17) is 9.47 Å². The molecule has 0 heterocycles. The highest BCUT2D eigenvalue weighted by molar-refractivity contribution is 5.07. The minimum Gasteiger partial charge on any atom is -0.352 e. The molecule has 0 aromatic heterocycles. The topological polar surface area (TPSA) is 18.5 Å². The van der Waals surface area contributed by atoms with Gasteiger partial charge in [-0.25, -0.2) is 0 Å². The summed E-state index contributed by atoms with van der Waals surface area (Å²) in [6.07, 6.45) is 18.0. The average molecular weight is 327 g/mol. The fraction of sp³-hybridized carbons (Fsp3) is 0.905. The standard InChI is InChI=1S/C21H42O2/c1-7-11-13-14-15-16-19-20(17-9-3,18-12-8-2)21(10-4,22-5)23-6/h12,18H,7-11,13-17,19H2,1-6H3. The fourth-order valence-electron chi connectivity index (χ4n) is 3.94. The number of methoxy groups -OCH3 is 2. The van der Waals surface area contributed by atoms with E-state index < -0.39 is 5.79 Å². The largest absolute Gasteiger partial charge is 0.352 e. The van der Waals surface area contributed by atoms with E-state index in [1.54, 1.807) is 14.2 Å². The number of rotatable bonds is 15. The maximum atomic E-state index is 5.97. The van der Waals surface area contributed by atoms with Crippen molar-refractivity contribution in [2.45, 2.75) is 104 Å². The third-order valence-electron chi connectivity index (χ3n) is 5.23. The van der Waals surface area contributed by atoms with Gasteiger partial charge in [-0.2, -0.15) is 0 Å². The summed E-state index contributed by atoms with van der Waals surface area (Å²) in [7, 11) is 3.61. The SMILES string of the molecule is CCC=CC(CCC)(CCCCCCCC)C(CC)(OC)OC. The molecular formula is C21H42O2. The van der Waals surface area contributed by atoms with Gasteiger partial charge in [0.2, 0.25) is 0 Å². The van der Waals surface area contributed by atoms with Gasteiger partial charge < -0.3 is 9.47 Å². The molecule has 0 rings (SSSR count). The van der Waals surface area contributed by atoms with Gasteiger partial charge in [-0.05, 0) is 25.7 Å². The lowest BCUT2D eigenvalue weighted by molar-refractivity contribution is -0.269. The van der Waals surface area contributed by atoms with Crippen LogP contribution in [0, 0.1) is 5.41 Å². The highest BCUT2D eigenvalue weighted by atomic mass is 16.7. The predicted molar refractivity (Wildman–Crippen MR) is 102 cm³/mol. The van der Waals surface area contributed by atoms with E-state index in [2.05, 4.69) is 39.8 Å². The Morgan fingerprint density at radius 2 is 1.35 bits per heavy atom. The Kier molecular flexibility index (Phi) is 12.8. The van der Waals surface area contributed by atoms with Gasteiger partial charge in [0, 0.05) is 19.6 Å². The first kappa shape index (κ1) is 22.7. The highest BCUT2D eigenvalue weighted by Crippen LogP contribution is 2.47. The van der Waals surface area contributed by atoms with Gasteiger partial charge in [0.05, 0.1) is 0 Å². The predicted octanol–water partition coefficient (Wildman–Crippen LogP) is 6.89. The molecule has 0 spiro atoms. The number of unbranched alkanes of at least 4 members (excludes halogenated alkanes) is 5. The molecule has 23 heavy (non-hydrogen) atoms. The summed E-state index contributed by atoms with van der Waals surface area (Å²) in [6, 6.07) is 0. The minimum absolute atomic E-state index is 0.0131. The zero-order chi connectivity index (χ0) is 17.6. The van der Waals surface area contributed by atoms with Crippen molar-refractivity contribution in [2.24, 2.45) is 5.41 Å². The summed E-state index contributed by atoms with van der Waals surface area (Å²) in [5.41, 5.74) is -0.0131. The molecule has 1 unspecified atom stereocenters. The van der Waals surface area contributed by atoms with Gasteiger partial charge in [0.1, 0.15) is 0 Å². The van der Waals surface area contributed by atoms with E-state index >= 15 is 0 Å². The van der Waals surface area contributed by atoms with Crippen LogP contribution in [0.1, 0.15) is 98.3 Å². The second kappa shape index (κ2) is 13.0. The van der Waals surface area contributed by atoms with Crippen LogP contribution in [0.5, 0.6) is 0 Å². The summed E-state index contributed by atoms with van der Waals surface area (Å²) in [6.45, 7) is 8.92. The van der Waals surface area contributed by atoms with Gasteiger partial charge in [0.25, 0.3) is 0 Å². The first-order chi connectivity index (χ1) is 11.1. The molecule has 0 amide bonds. The van der Waals surface area contributed by atoms with Crippen LogP contribution in [0.3, 0.4) is 0 Å². The quantitative estimate of drug-likeness (QED) is 0.185. The third kappa shape index (κ3) is 6.58. The van der Waals surface area contributed by atoms with Crippen LogP contribution in [0.15, 0.2) is 12.2 Å². The molecule has 0 aliphatic heterocycles. The molecule has 0 N–H and O–H groups in total. The van der Waals surface area contributed by atoms with E-state index in [0.29, 0.717) is 0 Å². The summed E-state index contributed by atoms with van der Waals surface area (Å²) in [4.78, 5) is 0. The van der Waals surface area contributed by atoms with E-state index in [0.717, 1.165) is 32.1 Å². The van der Waals surface area contributed by atoms with Crippen LogP contribution in [-0.4, -0.2) is 20.0 Å². The van der Waals surface area contributed by atoms with Crippen molar-refractivity contribution < 1.29 is 9.47 Å². The van der Waals surface area contributed by atoms with E-state index in [9.17, 15) is 0 Å². The van der Waals surface area contributed by atoms with Gasteiger partial charge in [-0.1, -0.05) is 84.8 Å². The van der Waals surface area contributed by atoms with Crippen LogP contribution in [0.2, 0.25) is 0 Å². The van der Waals surface area contributed by atoms with Crippen molar-refractivity contribution in [1.82, 2.24) is 0 Å². The van der Waals surface area contributed by atoms with Crippen molar-refractivity contribution in [2.75, 3.05) is 14.2 Å². The third-order valence-corrected chi connectivity index (χ3v) is 5.23. The molecule has 0 aromatic rings. The van der Waals surface area contributed by atoms with Gasteiger partial charge in [-0.3, -0.25) is 0 Å². The summed E-state index contributed by atoms with van der Waals surface area (Å²) in [5, 5.41) is 0. The second-order valence-corrected chi connectivity index (χ2v) is 6.75. The number of hydrogen-bond donors (Lipinski definition) is 0. The van der Waals surface area contributed by atoms with E-state index in [1.807, 2.05) is 0 Å². The maximum Gasteiger partial charge on any atom is 0.176 e. The fourth-order valence-corrected chi connectivity index (χ4v) is 3.94. The van der Waals surface area contributed by atoms with Crippen LogP contribution in [0.4, 0.5) is 0 Å². The Morgan fingerprint density at radius 3 is 1.83 bits per heavy atom. The van der Waals surface area contributed by atoms with Gasteiger partial charge >= 0.3 is 0 Å². The lowest BCUT2D eigenvalue weighted by Crippen LogP contribution is -2.50. The zero-order valence-electron chi connectivity index (χ0n) is 16.7. The Bertz CT molecular complexity index is 286. The molecule has 0 aromatic carbocycles. The summed E-state index contributed by atoms with van der Waals surface area (Å²) < 4.78 is 11.9. The van der Waals surface area contributed by atoms with E-state index in [-0.39, 0.29) is 5.41 Å². The summed E-state index contributed by atoms with van der Waals surface area (Å²) in [5.74, 6) is -0.502. The molecule has 0 fully saturated rings. The van der Waals surface area contributed by atoms with Crippen molar-refractivity contribution in [3.63, 3.8) is 0 Å². The average Bonchev–Trinajstić information content (AvgIpc) is 2.58. The maximum absolute atomic E-state index is 5.97. The van der Waals surface area contributed by atoms with Gasteiger partial charge in [-0.15, -0.1) is 0 Å². The van der Waals surface area contributed by atoms with Crippen molar-refractivity contribution in [3.05, 3.63) is 12.2 Å². The lowest BCUT2D eigenvalue weighted by atomic mass is 9.70. The Morgan fingerprint density at radius 1 is 0.739 bits per heavy atom. The summed E-state index contributed by atoms with van der Waals surface area (Å²) >= 11 is 0. The first-order valence-corrected chi connectivity index (χ1v) is 9.89. The molecule has 0 radical (unpaired) electrons. The molecule has 2 nitrogen and oxygen atoms in total. The normalized spacial score (nSPS) is 15.2. The molecule has 0 saturated heterocycles. The lowest BCUT2D eigenvalue weighted by Gasteiger charge is -2.47. The smallest absolute Gasteiger partial charge is 0.176 e.